The molecule has 0 aliphatic carbocycles. The Hall–Kier alpha value is -3.34. The molecule has 1 heterocycles. The molecule has 0 saturated heterocycles. The summed E-state index contributed by atoms with van der Waals surface area (Å²) in [4.78, 5) is 25.4. The van der Waals surface area contributed by atoms with Crippen molar-refractivity contribution in [1.29, 1.82) is 0 Å². The Bertz CT molecular complexity index is 1050. The standard InChI is InChI=1S/C25H28N2O3/c1-16-10-9-11-17(2)23(16)26-24(28)20(5)30-25(29)22-14-18(3)27(19(22)4)15-21-12-7-6-8-13-21/h6-14,20H,15H2,1-5H3,(H,26,28)/t20-/m0/s1. The van der Waals surface area contributed by atoms with Gasteiger partial charge in [0.1, 0.15) is 0 Å². The van der Waals surface area contributed by atoms with Gasteiger partial charge in [0.15, 0.2) is 6.10 Å². The molecule has 0 saturated carbocycles. The molecule has 0 aliphatic heterocycles. The van der Waals surface area contributed by atoms with E-state index in [-0.39, 0.29) is 5.91 Å². The maximum atomic E-state index is 12.8. The molecule has 0 spiro atoms. The summed E-state index contributed by atoms with van der Waals surface area (Å²) in [5, 5.41) is 2.88. The van der Waals surface area contributed by atoms with Crippen molar-refractivity contribution in [3.05, 3.63) is 88.2 Å². The Labute approximate surface area is 177 Å². The number of para-hydroxylation sites is 1. The zero-order chi connectivity index (χ0) is 21.8. The van der Waals surface area contributed by atoms with Gasteiger partial charge in [0.25, 0.3) is 5.91 Å². The van der Waals surface area contributed by atoms with E-state index in [1.165, 1.54) is 0 Å². The molecule has 5 nitrogen and oxygen atoms in total. The van der Waals surface area contributed by atoms with Crippen LogP contribution in [0.2, 0.25) is 0 Å². The third-order valence-corrected chi connectivity index (χ3v) is 5.36. The number of amides is 1. The average Bonchev–Trinajstić information content (AvgIpc) is 2.99. The van der Waals surface area contributed by atoms with Gasteiger partial charge in [-0.25, -0.2) is 4.79 Å². The number of esters is 1. The molecule has 1 aromatic heterocycles. The summed E-state index contributed by atoms with van der Waals surface area (Å²) in [7, 11) is 0. The van der Waals surface area contributed by atoms with Crippen molar-refractivity contribution < 1.29 is 14.3 Å². The summed E-state index contributed by atoms with van der Waals surface area (Å²) in [6.45, 7) is 9.98. The Kier molecular flexibility index (Phi) is 6.40. The van der Waals surface area contributed by atoms with E-state index < -0.39 is 12.1 Å². The van der Waals surface area contributed by atoms with Crippen LogP contribution >= 0.6 is 0 Å². The Morgan fingerprint density at radius 2 is 1.60 bits per heavy atom. The first-order valence-corrected chi connectivity index (χ1v) is 10.1. The first-order valence-electron chi connectivity index (χ1n) is 10.1. The predicted molar refractivity (Wildman–Crippen MR) is 119 cm³/mol. The van der Waals surface area contributed by atoms with Gasteiger partial charge in [0.2, 0.25) is 0 Å². The van der Waals surface area contributed by atoms with E-state index in [1.54, 1.807) is 6.92 Å². The molecule has 0 unspecified atom stereocenters. The van der Waals surface area contributed by atoms with Gasteiger partial charge >= 0.3 is 5.97 Å². The highest BCUT2D eigenvalue weighted by Crippen LogP contribution is 2.21. The number of hydrogen-bond acceptors (Lipinski definition) is 3. The van der Waals surface area contributed by atoms with Crippen LogP contribution in [-0.4, -0.2) is 22.5 Å². The molecule has 3 rings (SSSR count). The Morgan fingerprint density at radius 1 is 0.967 bits per heavy atom. The summed E-state index contributed by atoms with van der Waals surface area (Å²) < 4.78 is 7.56. The minimum atomic E-state index is -0.909. The number of benzene rings is 2. The zero-order valence-corrected chi connectivity index (χ0v) is 18.2. The molecular weight excluding hydrogens is 376 g/mol. The fourth-order valence-corrected chi connectivity index (χ4v) is 3.53. The van der Waals surface area contributed by atoms with Gasteiger partial charge in [-0.2, -0.15) is 0 Å². The number of carbonyl (C=O) groups excluding carboxylic acids is 2. The smallest absolute Gasteiger partial charge is 0.340 e. The molecule has 0 aliphatic rings. The van der Waals surface area contributed by atoms with Crippen molar-refractivity contribution in [3.8, 4) is 0 Å². The third-order valence-electron chi connectivity index (χ3n) is 5.36. The lowest BCUT2D eigenvalue weighted by molar-refractivity contribution is -0.123. The summed E-state index contributed by atoms with van der Waals surface area (Å²) in [6.07, 6.45) is -0.909. The molecule has 2 aromatic carbocycles. The molecule has 1 N–H and O–H groups in total. The predicted octanol–water partition coefficient (Wildman–Crippen LogP) is 4.95. The van der Waals surface area contributed by atoms with E-state index in [2.05, 4.69) is 22.0 Å². The van der Waals surface area contributed by atoms with E-state index in [0.29, 0.717) is 12.1 Å². The monoisotopic (exact) mass is 404 g/mol. The van der Waals surface area contributed by atoms with Crippen molar-refractivity contribution >= 4 is 17.6 Å². The maximum absolute atomic E-state index is 12.8. The van der Waals surface area contributed by atoms with Crippen LogP contribution in [0.15, 0.2) is 54.6 Å². The normalized spacial score (nSPS) is 11.8. The summed E-state index contributed by atoms with van der Waals surface area (Å²) in [5.74, 6) is -0.842. The number of hydrogen-bond donors (Lipinski definition) is 1. The van der Waals surface area contributed by atoms with E-state index in [9.17, 15) is 9.59 Å². The van der Waals surface area contributed by atoms with Crippen LogP contribution in [-0.2, 0) is 16.1 Å². The molecule has 0 bridgehead atoms. The Balaban J connectivity index is 1.71. The van der Waals surface area contributed by atoms with E-state index in [1.807, 2.05) is 70.2 Å². The van der Waals surface area contributed by atoms with Gasteiger partial charge in [0, 0.05) is 23.6 Å². The van der Waals surface area contributed by atoms with Crippen LogP contribution in [0.3, 0.4) is 0 Å². The molecule has 1 amide bonds. The minimum absolute atomic E-state index is 0.348. The summed E-state index contributed by atoms with van der Waals surface area (Å²) in [6, 6.07) is 17.7. The highest BCUT2D eigenvalue weighted by Gasteiger charge is 2.23. The minimum Gasteiger partial charge on any atom is -0.449 e. The molecule has 30 heavy (non-hydrogen) atoms. The number of carbonyl (C=O) groups is 2. The van der Waals surface area contributed by atoms with Crippen LogP contribution in [0, 0.1) is 27.7 Å². The van der Waals surface area contributed by atoms with E-state index in [4.69, 9.17) is 4.74 Å². The summed E-state index contributed by atoms with van der Waals surface area (Å²) in [5.41, 5.74) is 6.11. The fraction of sp³-hybridized carbons (Fsp3) is 0.280. The van der Waals surface area contributed by atoms with Gasteiger partial charge in [-0.1, -0.05) is 48.5 Å². The second-order valence-electron chi connectivity index (χ2n) is 7.66. The number of aromatic nitrogens is 1. The van der Waals surface area contributed by atoms with Gasteiger partial charge in [-0.3, -0.25) is 4.79 Å². The molecular formula is C25H28N2O3. The second-order valence-corrected chi connectivity index (χ2v) is 7.66. The molecule has 5 heteroatoms. The molecule has 0 radical (unpaired) electrons. The number of rotatable bonds is 6. The van der Waals surface area contributed by atoms with Crippen LogP contribution in [0.1, 0.15) is 45.4 Å². The van der Waals surface area contributed by atoms with Crippen LogP contribution in [0.25, 0.3) is 0 Å². The Morgan fingerprint density at radius 3 is 2.23 bits per heavy atom. The molecule has 3 aromatic rings. The van der Waals surface area contributed by atoms with Crippen LogP contribution < -0.4 is 5.32 Å². The number of nitrogens with zero attached hydrogens (tertiary/aromatic N) is 1. The topological polar surface area (TPSA) is 60.3 Å². The van der Waals surface area contributed by atoms with Gasteiger partial charge in [-0.05, 0) is 57.4 Å². The SMILES string of the molecule is Cc1cccc(C)c1NC(=O)[C@H](C)OC(=O)c1cc(C)n(Cc2ccccc2)c1C. The lowest BCUT2D eigenvalue weighted by Crippen LogP contribution is -2.30. The van der Waals surface area contributed by atoms with Gasteiger partial charge < -0.3 is 14.6 Å². The highest BCUT2D eigenvalue weighted by molar-refractivity contribution is 5.98. The number of anilines is 1. The van der Waals surface area contributed by atoms with Crippen molar-refractivity contribution in [2.75, 3.05) is 5.32 Å². The maximum Gasteiger partial charge on any atom is 0.340 e. The van der Waals surface area contributed by atoms with Crippen molar-refractivity contribution in [1.82, 2.24) is 4.57 Å². The van der Waals surface area contributed by atoms with Crippen molar-refractivity contribution in [3.63, 3.8) is 0 Å². The lowest BCUT2D eigenvalue weighted by Gasteiger charge is -2.16. The zero-order valence-electron chi connectivity index (χ0n) is 18.2. The van der Waals surface area contributed by atoms with Crippen molar-refractivity contribution in [2.24, 2.45) is 0 Å². The quantitative estimate of drug-likeness (QED) is 0.591. The second kappa shape index (κ2) is 8.99. The first kappa shape index (κ1) is 21.4. The third kappa shape index (κ3) is 4.62. The fourth-order valence-electron chi connectivity index (χ4n) is 3.53. The summed E-state index contributed by atoms with van der Waals surface area (Å²) >= 11 is 0. The lowest BCUT2D eigenvalue weighted by atomic mass is 10.1. The largest absolute Gasteiger partial charge is 0.449 e. The number of ether oxygens (including phenoxy) is 1. The molecule has 156 valence electrons. The number of nitrogens with one attached hydrogen (secondary N) is 1. The molecule has 0 fully saturated rings. The van der Waals surface area contributed by atoms with E-state index in [0.717, 1.165) is 33.8 Å². The van der Waals surface area contributed by atoms with Gasteiger partial charge in [-0.15, -0.1) is 0 Å². The van der Waals surface area contributed by atoms with E-state index >= 15 is 0 Å². The average molecular weight is 405 g/mol. The van der Waals surface area contributed by atoms with Crippen molar-refractivity contribution in [2.45, 2.75) is 47.3 Å². The first-order chi connectivity index (χ1) is 14.3. The van der Waals surface area contributed by atoms with Crippen LogP contribution in [0.4, 0.5) is 5.69 Å². The van der Waals surface area contributed by atoms with Crippen LogP contribution in [0.5, 0.6) is 0 Å². The molecule has 1 atom stereocenters. The highest BCUT2D eigenvalue weighted by atomic mass is 16.5. The van der Waals surface area contributed by atoms with Gasteiger partial charge in [0.05, 0.1) is 5.56 Å². The number of aryl methyl sites for hydroxylation is 3.